The lowest BCUT2D eigenvalue weighted by Crippen LogP contribution is -2.07. The molecule has 1 aromatic heterocycles. The van der Waals surface area contributed by atoms with E-state index in [0.29, 0.717) is 28.0 Å². The van der Waals surface area contributed by atoms with Gasteiger partial charge in [0.1, 0.15) is 11.8 Å². The summed E-state index contributed by atoms with van der Waals surface area (Å²) in [7, 11) is 1.43. The molecule has 0 aliphatic carbocycles. The van der Waals surface area contributed by atoms with E-state index in [4.69, 9.17) is 23.4 Å². The monoisotopic (exact) mass is 354 g/mol. The van der Waals surface area contributed by atoms with Gasteiger partial charge >= 0.3 is 5.97 Å². The van der Waals surface area contributed by atoms with Gasteiger partial charge in [0.2, 0.25) is 12.2 Å². The first-order valence-corrected chi connectivity index (χ1v) is 7.79. The molecule has 0 fully saturated rings. The number of rotatable bonds is 3. The molecule has 7 heteroatoms. The zero-order valence-corrected chi connectivity index (χ0v) is 14.0. The van der Waals surface area contributed by atoms with E-state index in [9.17, 15) is 9.59 Å². The van der Waals surface area contributed by atoms with Crippen molar-refractivity contribution in [2.45, 2.75) is 6.92 Å². The fourth-order valence-corrected chi connectivity index (χ4v) is 2.79. The smallest absolute Gasteiger partial charge is 0.308 e. The number of benzene rings is 2. The van der Waals surface area contributed by atoms with E-state index in [-0.39, 0.29) is 29.3 Å². The van der Waals surface area contributed by atoms with Gasteiger partial charge in [0.25, 0.3) is 0 Å². The van der Waals surface area contributed by atoms with E-state index in [0.717, 1.165) is 0 Å². The highest BCUT2D eigenvalue weighted by Crippen LogP contribution is 2.36. The quantitative estimate of drug-likeness (QED) is 0.528. The zero-order chi connectivity index (χ0) is 18.3. The molecule has 0 unspecified atom stereocenters. The molecular weight excluding hydrogens is 340 g/mol. The molecule has 3 aromatic rings. The second kappa shape index (κ2) is 6.11. The van der Waals surface area contributed by atoms with Crippen LogP contribution in [0.3, 0.4) is 0 Å². The van der Waals surface area contributed by atoms with Crippen LogP contribution in [0.1, 0.15) is 6.92 Å². The molecule has 7 nitrogen and oxygen atoms in total. The highest BCUT2D eigenvalue weighted by Gasteiger charge is 2.18. The largest absolute Gasteiger partial charge is 0.493 e. The average Bonchev–Trinajstić information content (AvgIpc) is 3.09. The number of esters is 1. The maximum Gasteiger partial charge on any atom is 0.308 e. The van der Waals surface area contributed by atoms with Crippen molar-refractivity contribution in [1.29, 1.82) is 0 Å². The fourth-order valence-electron chi connectivity index (χ4n) is 2.79. The first-order valence-electron chi connectivity index (χ1n) is 7.79. The molecule has 0 saturated heterocycles. The van der Waals surface area contributed by atoms with Crippen LogP contribution in [0.2, 0.25) is 0 Å². The first-order chi connectivity index (χ1) is 12.6. The Bertz CT molecular complexity index is 1080. The third-order valence-corrected chi connectivity index (χ3v) is 4.00. The van der Waals surface area contributed by atoms with Gasteiger partial charge < -0.3 is 23.4 Å². The summed E-state index contributed by atoms with van der Waals surface area (Å²) in [4.78, 5) is 24.2. The predicted molar refractivity (Wildman–Crippen MR) is 91.9 cm³/mol. The second-order valence-electron chi connectivity index (χ2n) is 5.64. The minimum Gasteiger partial charge on any atom is -0.493 e. The molecule has 0 radical (unpaired) electrons. The van der Waals surface area contributed by atoms with Crippen LogP contribution >= 0.6 is 0 Å². The van der Waals surface area contributed by atoms with Gasteiger partial charge in [-0.05, 0) is 23.8 Å². The van der Waals surface area contributed by atoms with Crippen LogP contribution in [-0.4, -0.2) is 19.9 Å². The molecule has 2 heterocycles. The Morgan fingerprint density at radius 3 is 2.65 bits per heavy atom. The lowest BCUT2D eigenvalue weighted by Gasteiger charge is -2.10. The maximum absolute atomic E-state index is 12.9. The van der Waals surface area contributed by atoms with Crippen molar-refractivity contribution < 1.29 is 28.2 Å². The van der Waals surface area contributed by atoms with Crippen LogP contribution in [0.15, 0.2) is 45.8 Å². The Balaban J connectivity index is 1.87. The predicted octanol–water partition coefficient (Wildman–Crippen LogP) is 3.12. The summed E-state index contributed by atoms with van der Waals surface area (Å²) >= 11 is 0. The van der Waals surface area contributed by atoms with Gasteiger partial charge in [-0.3, -0.25) is 9.59 Å². The average molecular weight is 354 g/mol. The van der Waals surface area contributed by atoms with Crippen LogP contribution in [-0.2, 0) is 4.79 Å². The number of methoxy groups -OCH3 is 1. The van der Waals surface area contributed by atoms with Crippen molar-refractivity contribution in [1.82, 2.24) is 0 Å². The zero-order valence-electron chi connectivity index (χ0n) is 14.0. The summed E-state index contributed by atoms with van der Waals surface area (Å²) in [5.41, 5.74) is 1.07. The first kappa shape index (κ1) is 16.0. The Hall–Kier alpha value is -3.48. The van der Waals surface area contributed by atoms with Crippen LogP contribution < -0.4 is 24.4 Å². The normalized spacial score (nSPS) is 12.2. The number of hydrogen-bond acceptors (Lipinski definition) is 7. The Morgan fingerprint density at radius 2 is 1.88 bits per heavy atom. The Kier molecular flexibility index (Phi) is 3.76. The molecule has 26 heavy (non-hydrogen) atoms. The van der Waals surface area contributed by atoms with E-state index >= 15 is 0 Å². The number of carbonyl (C=O) groups is 1. The van der Waals surface area contributed by atoms with Gasteiger partial charge in [0, 0.05) is 13.0 Å². The molecule has 2 aromatic carbocycles. The minimum atomic E-state index is -0.498. The van der Waals surface area contributed by atoms with Crippen molar-refractivity contribution in [3.63, 3.8) is 0 Å². The van der Waals surface area contributed by atoms with Crippen molar-refractivity contribution in [3.8, 4) is 34.1 Å². The van der Waals surface area contributed by atoms with Gasteiger partial charge in [-0.1, -0.05) is 6.07 Å². The molecule has 0 N–H and O–H groups in total. The Morgan fingerprint density at radius 1 is 1.08 bits per heavy atom. The van der Waals surface area contributed by atoms with Crippen molar-refractivity contribution in [3.05, 3.63) is 46.8 Å². The van der Waals surface area contributed by atoms with Crippen LogP contribution in [0, 0.1) is 0 Å². The topological polar surface area (TPSA) is 84.2 Å². The van der Waals surface area contributed by atoms with Crippen molar-refractivity contribution >= 4 is 16.9 Å². The lowest BCUT2D eigenvalue weighted by atomic mass is 10.0. The highest BCUT2D eigenvalue weighted by atomic mass is 16.7. The summed E-state index contributed by atoms with van der Waals surface area (Å²) in [5, 5.41) is 0.313. The van der Waals surface area contributed by atoms with Crippen LogP contribution in [0.5, 0.6) is 23.0 Å². The summed E-state index contributed by atoms with van der Waals surface area (Å²) in [5.74, 6) is 1.16. The van der Waals surface area contributed by atoms with E-state index < -0.39 is 5.97 Å². The molecular formula is C19H14O7. The fraction of sp³-hybridized carbons (Fsp3) is 0.158. The summed E-state index contributed by atoms with van der Waals surface area (Å²) in [6.07, 6.45) is 1.37. The standard InChI is InChI=1S/C19H14O7/c1-10(20)26-18-7-15-12(6-16(18)22-2)19(21)13(8-23-15)11-3-4-14-17(5-11)25-9-24-14/h3-8H,9H2,1-2H3. The number of ether oxygens (including phenoxy) is 4. The van der Waals surface area contributed by atoms with Crippen molar-refractivity contribution in [2.75, 3.05) is 13.9 Å². The van der Waals surface area contributed by atoms with Gasteiger partial charge in [-0.25, -0.2) is 0 Å². The van der Waals surface area contributed by atoms with Gasteiger partial charge in [0.05, 0.1) is 18.1 Å². The summed E-state index contributed by atoms with van der Waals surface area (Å²) in [6, 6.07) is 8.18. The molecule has 1 aliphatic rings. The van der Waals surface area contributed by atoms with E-state index in [2.05, 4.69) is 0 Å². The third-order valence-electron chi connectivity index (χ3n) is 4.00. The molecule has 4 rings (SSSR count). The molecule has 0 bridgehead atoms. The summed E-state index contributed by atoms with van der Waals surface area (Å²) in [6.45, 7) is 1.43. The molecule has 1 aliphatic heterocycles. The molecule has 0 amide bonds. The summed E-state index contributed by atoms with van der Waals surface area (Å²) < 4.78 is 26.6. The Labute approximate surface area is 147 Å². The molecule has 0 saturated carbocycles. The van der Waals surface area contributed by atoms with E-state index in [1.54, 1.807) is 18.2 Å². The number of hydrogen-bond donors (Lipinski definition) is 0. The van der Waals surface area contributed by atoms with Crippen LogP contribution in [0.25, 0.3) is 22.1 Å². The van der Waals surface area contributed by atoms with Gasteiger partial charge in [-0.15, -0.1) is 0 Å². The molecule has 0 spiro atoms. The number of carbonyl (C=O) groups excluding carboxylic acids is 1. The highest BCUT2D eigenvalue weighted by molar-refractivity contribution is 5.86. The van der Waals surface area contributed by atoms with Gasteiger partial charge in [-0.2, -0.15) is 0 Å². The molecule has 132 valence electrons. The third kappa shape index (κ3) is 2.63. The molecule has 0 atom stereocenters. The van der Waals surface area contributed by atoms with Crippen molar-refractivity contribution in [2.24, 2.45) is 0 Å². The minimum absolute atomic E-state index is 0.154. The second-order valence-corrected chi connectivity index (χ2v) is 5.64. The van der Waals surface area contributed by atoms with E-state index in [1.807, 2.05) is 0 Å². The lowest BCUT2D eigenvalue weighted by molar-refractivity contribution is -0.132. The maximum atomic E-state index is 12.9. The van der Waals surface area contributed by atoms with Gasteiger partial charge in [0.15, 0.2) is 23.0 Å². The van der Waals surface area contributed by atoms with Crippen LogP contribution in [0.4, 0.5) is 0 Å². The number of fused-ring (bicyclic) bond motifs is 2. The SMILES string of the molecule is COc1cc2c(=O)c(-c3ccc4c(c3)OCO4)coc2cc1OC(C)=O. The van der Waals surface area contributed by atoms with E-state index in [1.165, 1.54) is 32.4 Å².